The van der Waals surface area contributed by atoms with Crippen LogP contribution in [0.25, 0.3) is 6.08 Å². The van der Waals surface area contributed by atoms with Gasteiger partial charge in [0.1, 0.15) is 0 Å². The number of benzene rings is 1. The Labute approximate surface area is 110 Å². The Hall–Kier alpha value is -1.12. The van der Waals surface area contributed by atoms with Crippen LogP contribution in [-0.4, -0.2) is 31.1 Å². The van der Waals surface area contributed by atoms with E-state index >= 15 is 0 Å². The Balaban J connectivity index is 1.84. The van der Waals surface area contributed by atoms with Crippen LogP contribution < -0.4 is 5.73 Å². The van der Waals surface area contributed by atoms with E-state index < -0.39 is 0 Å². The highest BCUT2D eigenvalue weighted by atomic mass is 15.1. The van der Waals surface area contributed by atoms with E-state index in [2.05, 4.69) is 48.4 Å². The molecule has 0 spiro atoms. The number of likely N-dealkylation sites (N-methyl/N-ethyl adjacent to an activating group) is 1. The first-order valence-corrected chi connectivity index (χ1v) is 6.93. The van der Waals surface area contributed by atoms with Gasteiger partial charge in [0, 0.05) is 12.6 Å². The third kappa shape index (κ3) is 3.44. The molecule has 0 heterocycles. The Morgan fingerprint density at radius 2 is 2.06 bits per heavy atom. The molecule has 0 amide bonds. The molecule has 1 aliphatic rings. The maximum atomic E-state index is 5.84. The maximum absolute atomic E-state index is 5.84. The molecule has 1 aromatic rings. The lowest BCUT2D eigenvalue weighted by Gasteiger charge is -2.27. The molecule has 1 saturated carbocycles. The van der Waals surface area contributed by atoms with Crippen LogP contribution in [0.15, 0.2) is 36.4 Å². The minimum absolute atomic E-state index is 0.676. The first-order valence-electron chi connectivity index (χ1n) is 6.93. The Bertz CT molecular complexity index is 372. The molecule has 1 fully saturated rings. The van der Waals surface area contributed by atoms with Crippen molar-refractivity contribution in [2.45, 2.75) is 25.3 Å². The molecule has 0 saturated heterocycles. The average molecular weight is 244 g/mol. The van der Waals surface area contributed by atoms with E-state index in [0.29, 0.717) is 12.0 Å². The summed E-state index contributed by atoms with van der Waals surface area (Å²) in [5.74, 6) is 0.695. The largest absolute Gasteiger partial charge is 0.330 e. The Morgan fingerprint density at radius 1 is 1.28 bits per heavy atom. The van der Waals surface area contributed by atoms with E-state index in [0.717, 1.165) is 13.1 Å². The van der Waals surface area contributed by atoms with Gasteiger partial charge in [-0.2, -0.15) is 0 Å². The lowest BCUT2D eigenvalue weighted by molar-refractivity contribution is 0.220. The van der Waals surface area contributed by atoms with Crippen molar-refractivity contribution in [1.82, 2.24) is 4.90 Å². The Morgan fingerprint density at radius 3 is 2.78 bits per heavy atom. The summed E-state index contributed by atoms with van der Waals surface area (Å²) in [6, 6.07) is 11.1. The normalized spacial score (nSPS) is 24.2. The first kappa shape index (κ1) is 13.3. The fourth-order valence-electron chi connectivity index (χ4n) is 2.93. The summed E-state index contributed by atoms with van der Waals surface area (Å²) in [6.07, 6.45) is 8.38. The number of nitrogens with two attached hydrogens (primary N) is 1. The quantitative estimate of drug-likeness (QED) is 0.863. The van der Waals surface area contributed by atoms with Gasteiger partial charge < -0.3 is 5.73 Å². The van der Waals surface area contributed by atoms with Crippen molar-refractivity contribution >= 4 is 6.08 Å². The molecule has 1 aromatic carbocycles. The molecule has 2 unspecified atom stereocenters. The van der Waals surface area contributed by atoms with E-state index in [-0.39, 0.29) is 0 Å². The fraction of sp³-hybridized carbons (Fsp3) is 0.500. The molecule has 0 bridgehead atoms. The van der Waals surface area contributed by atoms with Crippen LogP contribution in [0.4, 0.5) is 0 Å². The van der Waals surface area contributed by atoms with Crippen LogP contribution in [0, 0.1) is 5.92 Å². The molecule has 98 valence electrons. The van der Waals surface area contributed by atoms with Gasteiger partial charge in [0.2, 0.25) is 0 Å². The van der Waals surface area contributed by atoms with Gasteiger partial charge >= 0.3 is 0 Å². The van der Waals surface area contributed by atoms with Crippen LogP contribution in [-0.2, 0) is 0 Å². The lowest BCUT2D eigenvalue weighted by atomic mass is 10.0. The van der Waals surface area contributed by atoms with E-state index in [1.807, 2.05) is 6.07 Å². The molecule has 2 N–H and O–H groups in total. The second-order valence-electron chi connectivity index (χ2n) is 5.25. The van der Waals surface area contributed by atoms with Crippen LogP contribution in [0.1, 0.15) is 24.8 Å². The van der Waals surface area contributed by atoms with E-state index in [1.165, 1.54) is 24.8 Å². The molecule has 2 rings (SSSR count). The third-order valence-corrected chi connectivity index (χ3v) is 3.99. The molecule has 0 aliphatic heterocycles. The summed E-state index contributed by atoms with van der Waals surface area (Å²) in [4.78, 5) is 2.45. The van der Waals surface area contributed by atoms with Crippen LogP contribution in [0.5, 0.6) is 0 Å². The molecule has 0 radical (unpaired) electrons. The molecule has 2 nitrogen and oxygen atoms in total. The Kier molecular flexibility index (Phi) is 4.97. The first-order chi connectivity index (χ1) is 8.81. The molecule has 2 atom stereocenters. The number of rotatable bonds is 5. The van der Waals surface area contributed by atoms with Crippen molar-refractivity contribution in [3.8, 4) is 0 Å². The summed E-state index contributed by atoms with van der Waals surface area (Å²) >= 11 is 0. The fourth-order valence-corrected chi connectivity index (χ4v) is 2.93. The topological polar surface area (TPSA) is 29.3 Å². The van der Waals surface area contributed by atoms with Crippen molar-refractivity contribution < 1.29 is 0 Å². The van der Waals surface area contributed by atoms with Gasteiger partial charge in [-0.25, -0.2) is 0 Å². The number of hydrogen-bond donors (Lipinski definition) is 1. The highest BCUT2D eigenvalue weighted by Gasteiger charge is 2.28. The zero-order chi connectivity index (χ0) is 12.8. The second-order valence-corrected chi connectivity index (χ2v) is 5.25. The summed E-state index contributed by atoms with van der Waals surface area (Å²) < 4.78 is 0. The average Bonchev–Trinajstić information content (AvgIpc) is 2.88. The minimum Gasteiger partial charge on any atom is -0.330 e. The summed E-state index contributed by atoms with van der Waals surface area (Å²) in [5.41, 5.74) is 7.11. The lowest BCUT2D eigenvalue weighted by Crippen LogP contribution is -2.37. The molecular formula is C16H24N2. The summed E-state index contributed by atoms with van der Waals surface area (Å²) in [7, 11) is 2.22. The molecular weight excluding hydrogens is 220 g/mol. The maximum Gasteiger partial charge on any atom is 0.0166 e. The zero-order valence-electron chi connectivity index (χ0n) is 11.3. The molecule has 0 aromatic heterocycles. The van der Waals surface area contributed by atoms with Gasteiger partial charge in [-0.05, 0) is 37.9 Å². The van der Waals surface area contributed by atoms with Crippen molar-refractivity contribution in [3.05, 3.63) is 42.0 Å². The van der Waals surface area contributed by atoms with Crippen LogP contribution in [0.3, 0.4) is 0 Å². The third-order valence-electron chi connectivity index (χ3n) is 3.99. The monoisotopic (exact) mass is 244 g/mol. The van der Waals surface area contributed by atoms with Crippen molar-refractivity contribution in [1.29, 1.82) is 0 Å². The smallest absolute Gasteiger partial charge is 0.0166 e. The molecule has 2 heteroatoms. The zero-order valence-corrected chi connectivity index (χ0v) is 11.3. The van der Waals surface area contributed by atoms with Crippen molar-refractivity contribution in [2.75, 3.05) is 20.1 Å². The van der Waals surface area contributed by atoms with Gasteiger partial charge in [-0.1, -0.05) is 48.9 Å². The van der Waals surface area contributed by atoms with Gasteiger partial charge in [0.25, 0.3) is 0 Å². The van der Waals surface area contributed by atoms with Gasteiger partial charge in [0.05, 0.1) is 0 Å². The number of hydrogen-bond acceptors (Lipinski definition) is 2. The minimum atomic E-state index is 0.676. The van der Waals surface area contributed by atoms with E-state index in [4.69, 9.17) is 5.73 Å². The summed E-state index contributed by atoms with van der Waals surface area (Å²) in [6.45, 7) is 1.84. The van der Waals surface area contributed by atoms with Gasteiger partial charge in [-0.15, -0.1) is 0 Å². The van der Waals surface area contributed by atoms with Crippen LogP contribution >= 0.6 is 0 Å². The van der Waals surface area contributed by atoms with Crippen molar-refractivity contribution in [3.63, 3.8) is 0 Å². The SMILES string of the molecule is CN(CC=Cc1ccccc1)C1CCCC1CN. The van der Waals surface area contributed by atoms with Gasteiger partial charge in [0.15, 0.2) is 0 Å². The van der Waals surface area contributed by atoms with E-state index in [1.54, 1.807) is 0 Å². The highest BCUT2D eigenvalue weighted by Crippen LogP contribution is 2.28. The number of nitrogens with zero attached hydrogens (tertiary/aromatic N) is 1. The highest BCUT2D eigenvalue weighted by molar-refractivity contribution is 5.48. The van der Waals surface area contributed by atoms with Crippen molar-refractivity contribution in [2.24, 2.45) is 11.7 Å². The predicted octanol–water partition coefficient (Wildman–Crippen LogP) is 2.76. The van der Waals surface area contributed by atoms with E-state index in [9.17, 15) is 0 Å². The van der Waals surface area contributed by atoms with Gasteiger partial charge in [-0.3, -0.25) is 4.90 Å². The summed E-state index contributed by atoms with van der Waals surface area (Å²) in [5, 5.41) is 0. The standard InChI is InChI=1S/C16H24N2/c1-18(16-11-5-10-15(16)13-17)12-6-9-14-7-3-2-4-8-14/h2-4,6-9,15-16H,5,10-13,17H2,1H3. The second kappa shape index (κ2) is 6.72. The molecule has 1 aliphatic carbocycles. The predicted molar refractivity (Wildman–Crippen MR) is 78.3 cm³/mol. The van der Waals surface area contributed by atoms with Crippen LogP contribution in [0.2, 0.25) is 0 Å². The molecule has 18 heavy (non-hydrogen) atoms.